The second-order valence-electron chi connectivity index (χ2n) is 2.70. The van der Waals surface area contributed by atoms with Crippen LogP contribution in [0.2, 0.25) is 0 Å². The largest absolute Gasteiger partial charge is 0.264 e. The van der Waals surface area contributed by atoms with Crippen molar-refractivity contribution in [3.05, 3.63) is 59.1 Å². The third kappa shape index (κ3) is 4.72. The van der Waals surface area contributed by atoms with Crippen LogP contribution < -0.4 is 0 Å². The number of halogens is 1. The highest BCUT2D eigenvalue weighted by Gasteiger charge is 1.75. The van der Waals surface area contributed by atoms with E-state index in [9.17, 15) is 0 Å². The molecule has 2 aromatic rings. The zero-order valence-corrected chi connectivity index (χ0v) is 9.48. The Hall–Kier alpha value is -1.22. The molecule has 72 valence electrons. The van der Waals surface area contributed by atoms with Crippen molar-refractivity contribution in [3.8, 4) is 0 Å². The standard InChI is InChI=1S/C6H7N.C5H4BrN/c1-6-3-2-4-7-5-6;6-5-2-1-3-7-4-5/h2-5H,1H3;1-4H. The Morgan fingerprint density at radius 1 is 1.00 bits per heavy atom. The summed E-state index contributed by atoms with van der Waals surface area (Å²) in [6, 6.07) is 7.76. The Labute approximate surface area is 92.2 Å². The van der Waals surface area contributed by atoms with Gasteiger partial charge in [0.05, 0.1) is 0 Å². The van der Waals surface area contributed by atoms with E-state index in [1.165, 1.54) is 5.56 Å². The molecule has 2 nitrogen and oxygen atoms in total. The van der Waals surface area contributed by atoms with E-state index in [0.29, 0.717) is 0 Å². The summed E-state index contributed by atoms with van der Waals surface area (Å²) >= 11 is 3.25. The van der Waals surface area contributed by atoms with E-state index >= 15 is 0 Å². The Morgan fingerprint density at radius 2 is 1.64 bits per heavy atom. The monoisotopic (exact) mass is 250 g/mol. The molecular weight excluding hydrogens is 240 g/mol. The van der Waals surface area contributed by atoms with E-state index < -0.39 is 0 Å². The zero-order chi connectivity index (χ0) is 10.2. The predicted octanol–water partition coefficient (Wildman–Crippen LogP) is 3.23. The Morgan fingerprint density at radius 3 is 1.86 bits per heavy atom. The van der Waals surface area contributed by atoms with Crippen molar-refractivity contribution in [2.75, 3.05) is 0 Å². The van der Waals surface area contributed by atoms with Gasteiger partial charge in [0.1, 0.15) is 0 Å². The highest BCUT2D eigenvalue weighted by molar-refractivity contribution is 9.10. The summed E-state index contributed by atoms with van der Waals surface area (Å²) in [4.78, 5) is 7.72. The molecular formula is C11H11BrN2. The molecule has 0 saturated carbocycles. The molecule has 0 atom stereocenters. The summed E-state index contributed by atoms with van der Waals surface area (Å²) in [6.45, 7) is 2.02. The van der Waals surface area contributed by atoms with E-state index in [1.807, 2.05) is 37.4 Å². The van der Waals surface area contributed by atoms with Crippen LogP contribution in [-0.4, -0.2) is 9.97 Å². The number of aryl methyl sites for hydroxylation is 1. The molecule has 0 aliphatic rings. The molecule has 0 bridgehead atoms. The quantitative estimate of drug-likeness (QED) is 0.718. The van der Waals surface area contributed by atoms with Gasteiger partial charge in [-0.3, -0.25) is 9.97 Å². The molecule has 0 radical (unpaired) electrons. The second kappa shape index (κ2) is 6.27. The molecule has 14 heavy (non-hydrogen) atoms. The third-order valence-corrected chi connectivity index (χ3v) is 1.90. The molecule has 3 heteroatoms. The van der Waals surface area contributed by atoms with E-state index in [4.69, 9.17) is 0 Å². The van der Waals surface area contributed by atoms with Crippen molar-refractivity contribution in [1.82, 2.24) is 9.97 Å². The lowest BCUT2D eigenvalue weighted by Crippen LogP contribution is -1.69. The van der Waals surface area contributed by atoms with Crippen LogP contribution in [0.1, 0.15) is 5.56 Å². The zero-order valence-electron chi connectivity index (χ0n) is 7.89. The summed E-state index contributed by atoms with van der Waals surface area (Å²) < 4.78 is 1.02. The van der Waals surface area contributed by atoms with Crippen LogP contribution >= 0.6 is 15.9 Å². The maximum absolute atomic E-state index is 3.88. The number of aromatic nitrogens is 2. The van der Waals surface area contributed by atoms with Crippen LogP contribution in [-0.2, 0) is 0 Å². The van der Waals surface area contributed by atoms with Crippen LogP contribution in [0, 0.1) is 6.92 Å². The maximum atomic E-state index is 3.88. The molecule has 0 fully saturated rings. The van der Waals surface area contributed by atoms with Gasteiger partial charge < -0.3 is 0 Å². The number of hydrogen-bond donors (Lipinski definition) is 0. The topological polar surface area (TPSA) is 25.8 Å². The Balaban J connectivity index is 0.000000140. The minimum absolute atomic E-state index is 1.02. The predicted molar refractivity (Wildman–Crippen MR) is 60.9 cm³/mol. The molecule has 2 rings (SSSR count). The van der Waals surface area contributed by atoms with Gasteiger partial charge in [0.2, 0.25) is 0 Å². The highest BCUT2D eigenvalue weighted by Crippen LogP contribution is 2.02. The van der Waals surface area contributed by atoms with E-state index in [0.717, 1.165) is 4.47 Å². The van der Waals surface area contributed by atoms with Crippen molar-refractivity contribution < 1.29 is 0 Å². The van der Waals surface area contributed by atoms with E-state index in [2.05, 4.69) is 25.9 Å². The van der Waals surface area contributed by atoms with Gasteiger partial charge in [0, 0.05) is 29.3 Å². The summed E-state index contributed by atoms with van der Waals surface area (Å²) in [6.07, 6.45) is 7.10. The average Bonchev–Trinajstić information content (AvgIpc) is 2.21. The smallest absolute Gasteiger partial charge is 0.0410 e. The van der Waals surface area contributed by atoms with E-state index in [-0.39, 0.29) is 0 Å². The van der Waals surface area contributed by atoms with Gasteiger partial charge in [-0.2, -0.15) is 0 Å². The molecule has 0 spiro atoms. The van der Waals surface area contributed by atoms with Crippen molar-refractivity contribution in [2.24, 2.45) is 0 Å². The number of rotatable bonds is 0. The lowest BCUT2D eigenvalue weighted by Gasteiger charge is -1.82. The Bertz CT molecular complexity index is 311. The van der Waals surface area contributed by atoms with Crippen LogP contribution in [0.15, 0.2) is 53.5 Å². The minimum atomic E-state index is 1.02. The fourth-order valence-corrected chi connectivity index (χ4v) is 1.06. The van der Waals surface area contributed by atoms with Crippen LogP contribution in [0.5, 0.6) is 0 Å². The first-order chi connectivity index (χ1) is 6.79. The fourth-order valence-electron chi connectivity index (χ4n) is 0.790. The second-order valence-corrected chi connectivity index (χ2v) is 3.62. The van der Waals surface area contributed by atoms with Gasteiger partial charge in [-0.05, 0) is 46.6 Å². The molecule has 2 aromatic heterocycles. The average molecular weight is 251 g/mol. The van der Waals surface area contributed by atoms with Gasteiger partial charge in [-0.15, -0.1) is 0 Å². The fraction of sp³-hybridized carbons (Fsp3) is 0.0909. The lowest BCUT2D eigenvalue weighted by atomic mass is 10.3. The van der Waals surface area contributed by atoms with Gasteiger partial charge in [-0.25, -0.2) is 0 Å². The summed E-state index contributed by atoms with van der Waals surface area (Å²) in [5.41, 5.74) is 1.21. The van der Waals surface area contributed by atoms with Crippen molar-refractivity contribution in [3.63, 3.8) is 0 Å². The molecule has 2 heterocycles. The Kier molecular flexibility index (Phi) is 4.86. The molecule has 0 N–H and O–H groups in total. The number of pyridine rings is 2. The molecule has 0 aliphatic heterocycles. The van der Waals surface area contributed by atoms with Gasteiger partial charge >= 0.3 is 0 Å². The third-order valence-electron chi connectivity index (χ3n) is 1.43. The maximum Gasteiger partial charge on any atom is 0.0410 e. The van der Waals surface area contributed by atoms with Crippen LogP contribution in [0.4, 0.5) is 0 Å². The normalized spacial score (nSPS) is 8.71. The van der Waals surface area contributed by atoms with Gasteiger partial charge in [0.25, 0.3) is 0 Å². The first-order valence-corrected chi connectivity index (χ1v) is 5.00. The van der Waals surface area contributed by atoms with E-state index in [1.54, 1.807) is 18.6 Å². The van der Waals surface area contributed by atoms with Crippen molar-refractivity contribution in [2.45, 2.75) is 6.92 Å². The van der Waals surface area contributed by atoms with Crippen molar-refractivity contribution >= 4 is 15.9 Å². The van der Waals surface area contributed by atoms with Crippen LogP contribution in [0.3, 0.4) is 0 Å². The first-order valence-electron chi connectivity index (χ1n) is 4.21. The molecule has 0 aromatic carbocycles. The molecule has 0 amide bonds. The van der Waals surface area contributed by atoms with Crippen LogP contribution in [0.25, 0.3) is 0 Å². The lowest BCUT2D eigenvalue weighted by molar-refractivity contribution is 1.27. The molecule has 0 aliphatic carbocycles. The number of nitrogens with zero attached hydrogens (tertiary/aromatic N) is 2. The summed E-state index contributed by atoms with van der Waals surface area (Å²) in [7, 11) is 0. The van der Waals surface area contributed by atoms with Gasteiger partial charge in [-0.1, -0.05) is 6.07 Å². The van der Waals surface area contributed by atoms with Gasteiger partial charge in [0.15, 0.2) is 0 Å². The number of hydrogen-bond acceptors (Lipinski definition) is 2. The molecule has 0 unspecified atom stereocenters. The van der Waals surface area contributed by atoms with Crippen molar-refractivity contribution in [1.29, 1.82) is 0 Å². The minimum Gasteiger partial charge on any atom is -0.264 e. The first kappa shape index (κ1) is 10.9. The molecule has 0 saturated heterocycles. The summed E-state index contributed by atoms with van der Waals surface area (Å²) in [5.74, 6) is 0. The SMILES string of the molecule is Brc1cccnc1.Cc1cccnc1. The highest BCUT2D eigenvalue weighted by atomic mass is 79.9. The summed E-state index contributed by atoms with van der Waals surface area (Å²) in [5, 5.41) is 0.